The molecule has 28 heavy (non-hydrogen) atoms. The second kappa shape index (κ2) is 11.1. The van der Waals surface area contributed by atoms with Crippen molar-refractivity contribution in [1.82, 2.24) is 10.3 Å². The van der Waals surface area contributed by atoms with Crippen LogP contribution >= 0.6 is 0 Å². The molecule has 0 unspecified atom stereocenters. The van der Waals surface area contributed by atoms with Gasteiger partial charge in [0, 0.05) is 42.8 Å². The van der Waals surface area contributed by atoms with E-state index in [9.17, 15) is 9.59 Å². The van der Waals surface area contributed by atoms with E-state index in [1.54, 1.807) is 6.07 Å². The molecule has 0 spiro atoms. The van der Waals surface area contributed by atoms with Gasteiger partial charge in [0.1, 0.15) is 5.69 Å². The van der Waals surface area contributed by atoms with Crippen molar-refractivity contribution in [1.29, 1.82) is 0 Å². The summed E-state index contributed by atoms with van der Waals surface area (Å²) in [6, 6.07) is 10.9. The lowest BCUT2D eigenvalue weighted by Crippen LogP contribution is -2.26. The fourth-order valence-corrected chi connectivity index (χ4v) is 2.91. The van der Waals surface area contributed by atoms with Crippen LogP contribution < -0.4 is 15.5 Å². The molecule has 0 atom stereocenters. The molecule has 2 aromatic rings. The van der Waals surface area contributed by atoms with Crippen molar-refractivity contribution in [2.45, 2.75) is 40.0 Å². The maximum Gasteiger partial charge on any atom is 0.269 e. The minimum absolute atomic E-state index is 0.251. The Morgan fingerprint density at radius 3 is 2.32 bits per heavy atom. The quantitative estimate of drug-likeness (QED) is 0.607. The predicted molar refractivity (Wildman–Crippen MR) is 114 cm³/mol. The van der Waals surface area contributed by atoms with Crippen molar-refractivity contribution < 1.29 is 9.59 Å². The van der Waals surface area contributed by atoms with Crippen molar-refractivity contribution in [3.05, 3.63) is 53.9 Å². The highest BCUT2D eigenvalue weighted by atomic mass is 16.2. The number of amides is 2. The zero-order valence-electron chi connectivity index (χ0n) is 17.0. The Labute approximate surface area is 167 Å². The van der Waals surface area contributed by atoms with Crippen LogP contribution in [0, 0.1) is 0 Å². The first kappa shape index (κ1) is 21.4. The molecule has 0 aliphatic rings. The minimum atomic E-state index is -0.266. The van der Waals surface area contributed by atoms with Crippen molar-refractivity contribution in [2.24, 2.45) is 0 Å². The van der Waals surface area contributed by atoms with Gasteiger partial charge in [0.25, 0.3) is 11.8 Å². The van der Waals surface area contributed by atoms with Crippen LogP contribution in [0.1, 0.15) is 60.9 Å². The molecule has 0 aliphatic heterocycles. The number of nitrogens with one attached hydrogen (secondary N) is 2. The molecular weight excluding hydrogens is 352 g/mol. The Morgan fingerprint density at radius 2 is 1.68 bits per heavy atom. The van der Waals surface area contributed by atoms with Gasteiger partial charge >= 0.3 is 0 Å². The Bertz CT molecular complexity index is 770. The highest BCUT2D eigenvalue weighted by Crippen LogP contribution is 2.18. The molecule has 2 rings (SSSR count). The lowest BCUT2D eigenvalue weighted by atomic mass is 10.2. The summed E-state index contributed by atoms with van der Waals surface area (Å²) in [5, 5.41) is 5.71. The molecule has 6 heteroatoms. The van der Waals surface area contributed by atoms with E-state index in [1.807, 2.05) is 24.3 Å². The monoisotopic (exact) mass is 382 g/mol. The highest BCUT2D eigenvalue weighted by Gasteiger charge is 2.12. The smallest absolute Gasteiger partial charge is 0.269 e. The lowest BCUT2D eigenvalue weighted by Gasteiger charge is -2.21. The van der Waals surface area contributed by atoms with Crippen LogP contribution in [-0.4, -0.2) is 36.4 Å². The third kappa shape index (κ3) is 6.08. The van der Waals surface area contributed by atoms with Crippen LogP contribution in [-0.2, 0) is 0 Å². The second-order valence-corrected chi connectivity index (χ2v) is 6.57. The first-order chi connectivity index (χ1) is 13.6. The lowest BCUT2D eigenvalue weighted by molar-refractivity contribution is 0.0948. The molecule has 0 radical (unpaired) electrons. The summed E-state index contributed by atoms with van der Waals surface area (Å²) in [5.41, 5.74) is 2.49. The van der Waals surface area contributed by atoms with Gasteiger partial charge in [-0.15, -0.1) is 0 Å². The van der Waals surface area contributed by atoms with Gasteiger partial charge in [-0.05, 0) is 56.7 Å². The number of unbranched alkanes of at least 4 members (excludes halogenated alkanes) is 2. The van der Waals surface area contributed by atoms with Crippen LogP contribution in [0.2, 0.25) is 0 Å². The Morgan fingerprint density at radius 1 is 0.964 bits per heavy atom. The van der Waals surface area contributed by atoms with Crippen molar-refractivity contribution >= 4 is 23.2 Å². The summed E-state index contributed by atoms with van der Waals surface area (Å²) in [6.45, 7) is 8.82. The number of hydrogen-bond donors (Lipinski definition) is 2. The van der Waals surface area contributed by atoms with Crippen LogP contribution in [0.5, 0.6) is 0 Å². The number of carbonyl (C=O) groups is 2. The second-order valence-electron chi connectivity index (χ2n) is 6.57. The standard InChI is InChI=1S/C22H30N4O2/c1-4-7-8-14-24-22(28)20-16-17(13-15-23-20)21(27)25-18-9-11-19(12-10-18)26(5-2)6-3/h9-13,15-16H,4-8,14H2,1-3H3,(H,24,28)(H,25,27). The average Bonchev–Trinajstić information content (AvgIpc) is 2.73. The number of carbonyl (C=O) groups excluding carboxylic acids is 2. The van der Waals surface area contributed by atoms with E-state index in [-0.39, 0.29) is 17.5 Å². The van der Waals surface area contributed by atoms with Gasteiger partial charge in [-0.25, -0.2) is 0 Å². The third-order valence-electron chi connectivity index (χ3n) is 4.57. The van der Waals surface area contributed by atoms with Gasteiger partial charge in [0.15, 0.2) is 0 Å². The number of pyridine rings is 1. The van der Waals surface area contributed by atoms with Crippen molar-refractivity contribution in [2.75, 3.05) is 29.9 Å². The predicted octanol–water partition coefficient (Wildman–Crippen LogP) is 4.10. The Hall–Kier alpha value is -2.89. The molecule has 0 bridgehead atoms. The maximum atomic E-state index is 12.5. The van der Waals surface area contributed by atoms with Gasteiger partial charge < -0.3 is 15.5 Å². The van der Waals surface area contributed by atoms with Crippen LogP contribution in [0.15, 0.2) is 42.6 Å². The molecule has 2 amide bonds. The molecule has 2 N–H and O–H groups in total. The molecule has 0 aliphatic carbocycles. The van der Waals surface area contributed by atoms with E-state index in [4.69, 9.17) is 0 Å². The normalized spacial score (nSPS) is 10.4. The molecular formula is C22H30N4O2. The SMILES string of the molecule is CCCCCNC(=O)c1cc(C(=O)Nc2ccc(N(CC)CC)cc2)ccn1. The molecule has 0 fully saturated rings. The molecule has 0 saturated heterocycles. The van der Waals surface area contributed by atoms with E-state index in [2.05, 4.69) is 41.3 Å². The highest BCUT2D eigenvalue weighted by molar-refractivity contribution is 6.05. The van der Waals surface area contributed by atoms with E-state index >= 15 is 0 Å². The minimum Gasteiger partial charge on any atom is -0.372 e. The maximum absolute atomic E-state index is 12.5. The molecule has 1 heterocycles. The number of aromatic nitrogens is 1. The number of rotatable bonds is 10. The molecule has 1 aromatic heterocycles. The van der Waals surface area contributed by atoms with Crippen LogP contribution in [0.3, 0.4) is 0 Å². The van der Waals surface area contributed by atoms with Crippen LogP contribution in [0.25, 0.3) is 0 Å². The van der Waals surface area contributed by atoms with Gasteiger partial charge in [-0.3, -0.25) is 14.6 Å². The fourth-order valence-electron chi connectivity index (χ4n) is 2.91. The van der Waals surface area contributed by atoms with Gasteiger partial charge in [0.05, 0.1) is 0 Å². The van der Waals surface area contributed by atoms with E-state index in [0.717, 1.165) is 38.0 Å². The zero-order valence-corrected chi connectivity index (χ0v) is 17.0. The number of hydrogen-bond acceptors (Lipinski definition) is 4. The van der Waals surface area contributed by atoms with Gasteiger partial charge in [-0.1, -0.05) is 19.8 Å². The molecule has 0 saturated carbocycles. The van der Waals surface area contributed by atoms with Gasteiger partial charge in [0.2, 0.25) is 0 Å². The van der Waals surface area contributed by atoms with E-state index in [1.165, 1.54) is 12.3 Å². The molecule has 6 nitrogen and oxygen atoms in total. The number of anilines is 2. The summed E-state index contributed by atoms with van der Waals surface area (Å²) in [6.07, 6.45) is 4.59. The van der Waals surface area contributed by atoms with E-state index in [0.29, 0.717) is 17.8 Å². The first-order valence-corrected chi connectivity index (χ1v) is 9.99. The van der Waals surface area contributed by atoms with Crippen molar-refractivity contribution in [3.63, 3.8) is 0 Å². The summed E-state index contributed by atoms with van der Waals surface area (Å²) in [5.74, 6) is -0.521. The number of benzene rings is 1. The largest absolute Gasteiger partial charge is 0.372 e. The summed E-state index contributed by atoms with van der Waals surface area (Å²) in [7, 11) is 0. The molecule has 150 valence electrons. The average molecular weight is 383 g/mol. The topological polar surface area (TPSA) is 74.3 Å². The third-order valence-corrected chi connectivity index (χ3v) is 4.57. The van der Waals surface area contributed by atoms with Gasteiger partial charge in [-0.2, -0.15) is 0 Å². The summed E-state index contributed by atoms with van der Waals surface area (Å²) >= 11 is 0. The summed E-state index contributed by atoms with van der Waals surface area (Å²) < 4.78 is 0. The van der Waals surface area contributed by atoms with Crippen molar-refractivity contribution in [3.8, 4) is 0 Å². The fraction of sp³-hybridized carbons (Fsp3) is 0.409. The summed E-state index contributed by atoms with van der Waals surface area (Å²) in [4.78, 5) is 31.0. The first-order valence-electron chi connectivity index (χ1n) is 9.99. The Kier molecular flexibility index (Phi) is 8.46. The molecule has 1 aromatic carbocycles. The Balaban J connectivity index is 1.99. The number of nitrogens with zero attached hydrogens (tertiary/aromatic N) is 2. The zero-order chi connectivity index (χ0) is 20.4. The van der Waals surface area contributed by atoms with E-state index < -0.39 is 0 Å². The van der Waals surface area contributed by atoms with Crippen LogP contribution in [0.4, 0.5) is 11.4 Å².